The fourth-order valence-electron chi connectivity index (χ4n) is 2.26. The minimum atomic E-state index is -0.342. The lowest BCUT2D eigenvalue weighted by atomic mass is 10.1. The van der Waals surface area contributed by atoms with Crippen LogP contribution < -0.4 is 5.32 Å². The van der Waals surface area contributed by atoms with E-state index in [4.69, 9.17) is 28.5 Å². The Bertz CT molecular complexity index is 584. The van der Waals surface area contributed by atoms with Crippen LogP contribution in [0.5, 0.6) is 0 Å². The number of carbonyl (C=O) groups excluding carboxylic acids is 1. The summed E-state index contributed by atoms with van der Waals surface area (Å²) in [6.07, 6.45) is 5.69. The number of halogens is 2. The lowest BCUT2D eigenvalue weighted by Gasteiger charge is -2.11. The maximum atomic E-state index is 12.0. The molecule has 1 aliphatic carbocycles. The van der Waals surface area contributed by atoms with Crippen LogP contribution in [0.4, 0.5) is 0 Å². The fourth-order valence-corrected chi connectivity index (χ4v) is 2.72. The third-order valence-corrected chi connectivity index (χ3v) is 3.88. The zero-order chi connectivity index (χ0) is 14.5. The minimum Gasteiger partial charge on any atom is -0.349 e. The van der Waals surface area contributed by atoms with Crippen molar-refractivity contribution in [2.75, 3.05) is 0 Å². The van der Waals surface area contributed by atoms with Crippen LogP contribution in [0.1, 0.15) is 31.2 Å². The van der Waals surface area contributed by atoms with Crippen LogP contribution in [0.25, 0.3) is 6.08 Å². The molecule has 0 spiro atoms. The average Bonchev–Trinajstić information content (AvgIpc) is 2.90. The highest BCUT2D eigenvalue weighted by Crippen LogP contribution is 2.23. The van der Waals surface area contributed by atoms with Gasteiger partial charge in [-0.1, -0.05) is 42.1 Å². The topological polar surface area (TPSA) is 52.9 Å². The van der Waals surface area contributed by atoms with Crippen LogP contribution in [-0.2, 0) is 4.79 Å². The summed E-state index contributed by atoms with van der Waals surface area (Å²) in [4.78, 5) is 12.0. The highest BCUT2D eigenvalue weighted by Gasteiger charge is 2.19. The van der Waals surface area contributed by atoms with Gasteiger partial charge in [-0.2, -0.15) is 5.26 Å². The first kappa shape index (κ1) is 14.9. The summed E-state index contributed by atoms with van der Waals surface area (Å²) in [6, 6.07) is 7.04. The maximum Gasteiger partial charge on any atom is 0.262 e. The Morgan fingerprint density at radius 2 is 2.05 bits per heavy atom. The summed E-state index contributed by atoms with van der Waals surface area (Å²) in [7, 11) is 0. The van der Waals surface area contributed by atoms with E-state index in [1.165, 1.54) is 6.08 Å². The van der Waals surface area contributed by atoms with Gasteiger partial charge in [0.1, 0.15) is 11.6 Å². The van der Waals surface area contributed by atoms with Gasteiger partial charge in [-0.05, 0) is 36.6 Å². The van der Waals surface area contributed by atoms with Crippen molar-refractivity contribution in [3.63, 3.8) is 0 Å². The molecule has 1 saturated carbocycles. The highest BCUT2D eigenvalue weighted by atomic mass is 35.5. The van der Waals surface area contributed by atoms with Crippen LogP contribution in [0.3, 0.4) is 0 Å². The first-order chi connectivity index (χ1) is 9.60. The average molecular weight is 309 g/mol. The first-order valence-electron chi connectivity index (χ1n) is 6.48. The van der Waals surface area contributed by atoms with Crippen LogP contribution in [-0.4, -0.2) is 11.9 Å². The van der Waals surface area contributed by atoms with E-state index >= 15 is 0 Å². The summed E-state index contributed by atoms with van der Waals surface area (Å²) in [5, 5.41) is 12.9. The number of rotatable bonds is 3. The minimum absolute atomic E-state index is 0.0566. The number of hydrogen-bond acceptors (Lipinski definition) is 2. The normalized spacial score (nSPS) is 15.9. The van der Waals surface area contributed by atoms with Crippen LogP contribution in [0, 0.1) is 11.3 Å². The second-order valence-corrected chi connectivity index (χ2v) is 5.63. The van der Waals surface area contributed by atoms with Crippen LogP contribution >= 0.6 is 23.2 Å². The molecule has 0 aliphatic heterocycles. The standard InChI is InChI=1S/C15H14Cl2N2O/c16-12-6-5-10(14(17)8-12)7-11(9-18)15(20)19-13-3-1-2-4-13/h5-8,13H,1-4H2,(H,19,20)/b11-7+. The van der Waals surface area contributed by atoms with E-state index in [0.29, 0.717) is 15.6 Å². The Labute approximate surface area is 128 Å². The summed E-state index contributed by atoms with van der Waals surface area (Å²) >= 11 is 11.8. The molecule has 1 amide bonds. The molecule has 1 N–H and O–H groups in total. The lowest BCUT2D eigenvalue weighted by molar-refractivity contribution is -0.117. The maximum absolute atomic E-state index is 12.0. The molecule has 0 bridgehead atoms. The van der Waals surface area contributed by atoms with E-state index in [1.54, 1.807) is 18.2 Å². The fraction of sp³-hybridized carbons (Fsp3) is 0.333. The van der Waals surface area contributed by atoms with Gasteiger partial charge in [0.15, 0.2) is 0 Å². The van der Waals surface area contributed by atoms with Gasteiger partial charge in [-0.3, -0.25) is 4.79 Å². The smallest absolute Gasteiger partial charge is 0.262 e. The molecule has 1 aromatic carbocycles. The third kappa shape index (κ3) is 3.75. The van der Waals surface area contributed by atoms with Crippen molar-refractivity contribution in [1.82, 2.24) is 5.32 Å². The Morgan fingerprint density at radius 1 is 1.35 bits per heavy atom. The van der Waals surface area contributed by atoms with Gasteiger partial charge in [-0.25, -0.2) is 0 Å². The molecule has 5 heteroatoms. The summed E-state index contributed by atoms with van der Waals surface area (Å²) in [5.41, 5.74) is 0.662. The Hall–Kier alpha value is -1.50. The number of carbonyl (C=O) groups is 1. The van der Waals surface area contributed by atoms with Crippen molar-refractivity contribution in [2.45, 2.75) is 31.7 Å². The Morgan fingerprint density at radius 3 is 2.65 bits per heavy atom. The van der Waals surface area contributed by atoms with E-state index in [1.807, 2.05) is 6.07 Å². The van der Waals surface area contributed by atoms with E-state index in [0.717, 1.165) is 25.7 Å². The van der Waals surface area contributed by atoms with Crippen molar-refractivity contribution < 1.29 is 4.79 Å². The number of hydrogen-bond donors (Lipinski definition) is 1. The van der Waals surface area contributed by atoms with Crippen LogP contribution in [0.2, 0.25) is 10.0 Å². The zero-order valence-electron chi connectivity index (χ0n) is 10.8. The summed E-state index contributed by atoms with van der Waals surface area (Å²) in [5.74, 6) is -0.342. The first-order valence-corrected chi connectivity index (χ1v) is 7.23. The number of amides is 1. The molecule has 0 saturated heterocycles. The van der Waals surface area contributed by atoms with Gasteiger partial charge < -0.3 is 5.32 Å². The number of nitriles is 1. The second kappa shape index (κ2) is 6.78. The van der Waals surface area contributed by atoms with Crippen molar-refractivity contribution in [2.24, 2.45) is 0 Å². The van der Waals surface area contributed by atoms with Crippen LogP contribution in [0.15, 0.2) is 23.8 Å². The molecule has 1 aliphatic rings. The zero-order valence-corrected chi connectivity index (χ0v) is 12.3. The predicted octanol–water partition coefficient (Wildman–Crippen LogP) is 3.96. The monoisotopic (exact) mass is 308 g/mol. The molecular formula is C15H14Cl2N2O. The molecule has 0 heterocycles. The number of benzene rings is 1. The number of nitrogens with one attached hydrogen (secondary N) is 1. The molecule has 0 unspecified atom stereocenters. The van der Waals surface area contributed by atoms with E-state index in [-0.39, 0.29) is 17.5 Å². The molecule has 104 valence electrons. The Balaban J connectivity index is 2.16. The molecule has 0 atom stereocenters. The Kier molecular flexibility index (Phi) is 5.05. The van der Waals surface area contributed by atoms with Gasteiger partial charge in [-0.15, -0.1) is 0 Å². The van der Waals surface area contributed by atoms with Gasteiger partial charge in [0, 0.05) is 16.1 Å². The second-order valence-electron chi connectivity index (χ2n) is 4.79. The summed E-state index contributed by atoms with van der Waals surface area (Å²) in [6.45, 7) is 0. The van der Waals surface area contributed by atoms with E-state index < -0.39 is 0 Å². The van der Waals surface area contributed by atoms with E-state index in [9.17, 15) is 4.79 Å². The van der Waals surface area contributed by atoms with Crippen molar-refractivity contribution in [3.8, 4) is 6.07 Å². The largest absolute Gasteiger partial charge is 0.349 e. The molecule has 0 radical (unpaired) electrons. The molecule has 3 nitrogen and oxygen atoms in total. The van der Waals surface area contributed by atoms with Crippen molar-refractivity contribution >= 4 is 35.2 Å². The van der Waals surface area contributed by atoms with Gasteiger partial charge >= 0.3 is 0 Å². The molecule has 20 heavy (non-hydrogen) atoms. The predicted molar refractivity (Wildman–Crippen MR) is 80.5 cm³/mol. The van der Waals surface area contributed by atoms with Gasteiger partial charge in [0.2, 0.25) is 0 Å². The van der Waals surface area contributed by atoms with Gasteiger partial charge in [0.05, 0.1) is 0 Å². The lowest BCUT2D eigenvalue weighted by Crippen LogP contribution is -2.33. The molecule has 1 aromatic rings. The van der Waals surface area contributed by atoms with E-state index in [2.05, 4.69) is 5.32 Å². The quantitative estimate of drug-likeness (QED) is 0.679. The molecular weight excluding hydrogens is 295 g/mol. The molecule has 0 aromatic heterocycles. The SMILES string of the molecule is N#C/C(=C\c1ccc(Cl)cc1Cl)C(=O)NC1CCCC1. The summed E-state index contributed by atoms with van der Waals surface area (Å²) < 4.78 is 0. The van der Waals surface area contributed by atoms with Crippen molar-refractivity contribution in [3.05, 3.63) is 39.4 Å². The van der Waals surface area contributed by atoms with Crippen molar-refractivity contribution in [1.29, 1.82) is 5.26 Å². The van der Waals surface area contributed by atoms with Gasteiger partial charge in [0.25, 0.3) is 5.91 Å². The molecule has 1 fully saturated rings. The number of nitrogens with zero attached hydrogens (tertiary/aromatic N) is 1. The highest BCUT2D eigenvalue weighted by molar-refractivity contribution is 6.35. The third-order valence-electron chi connectivity index (χ3n) is 3.32. The molecule has 2 rings (SSSR count).